The van der Waals surface area contributed by atoms with Crippen molar-refractivity contribution in [3.05, 3.63) is 30.1 Å². The molecule has 1 aromatic heterocycles. The molecule has 4 nitrogen and oxygen atoms in total. The van der Waals surface area contributed by atoms with Gasteiger partial charge in [-0.2, -0.15) is 0 Å². The lowest BCUT2D eigenvalue weighted by Crippen LogP contribution is -2.64. The molecule has 0 aromatic carbocycles. The first-order valence-corrected chi connectivity index (χ1v) is 11.3. The average molecular weight is 386 g/mol. The SMILES string of the molecule is C[C@]12CCC(O)CC1CC[C@@H]1[C@H]2CC[C@]2(C)C(O)(c3ccncc3)CC[C@@]12O. The fraction of sp³-hybridized carbons (Fsp3) is 0.792. The van der Waals surface area contributed by atoms with Crippen LogP contribution in [0, 0.1) is 28.6 Å². The molecule has 4 aliphatic rings. The normalized spacial score (nSPS) is 53.2. The van der Waals surface area contributed by atoms with Crippen LogP contribution in [0.5, 0.6) is 0 Å². The lowest BCUT2D eigenvalue weighted by Gasteiger charge is -2.64. The molecule has 0 aliphatic heterocycles. The summed E-state index contributed by atoms with van der Waals surface area (Å²) in [5.74, 6) is 1.32. The molecule has 154 valence electrons. The van der Waals surface area contributed by atoms with Crippen LogP contribution in [0.4, 0.5) is 0 Å². The Hall–Kier alpha value is -0.970. The fourth-order valence-electron chi connectivity index (χ4n) is 8.31. The van der Waals surface area contributed by atoms with E-state index in [4.69, 9.17) is 0 Å². The van der Waals surface area contributed by atoms with Crippen LogP contribution in [0.1, 0.15) is 77.2 Å². The van der Waals surface area contributed by atoms with E-state index in [1.165, 1.54) is 0 Å². The summed E-state index contributed by atoms with van der Waals surface area (Å²) in [6, 6.07) is 3.84. The van der Waals surface area contributed by atoms with Gasteiger partial charge in [-0.1, -0.05) is 13.8 Å². The average Bonchev–Trinajstić information content (AvgIpc) is 2.91. The molecule has 4 saturated carbocycles. The van der Waals surface area contributed by atoms with Gasteiger partial charge in [-0.15, -0.1) is 0 Å². The first-order chi connectivity index (χ1) is 13.2. The van der Waals surface area contributed by atoms with Gasteiger partial charge in [-0.25, -0.2) is 0 Å². The Labute approximate surface area is 168 Å². The first-order valence-electron chi connectivity index (χ1n) is 11.3. The Morgan fingerprint density at radius 2 is 1.64 bits per heavy atom. The van der Waals surface area contributed by atoms with E-state index in [-0.39, 0.29) is 17.4 Å². The summed E-state index contributed by atoms with van der Waals surface area (Å²) >= 11 is 0. The molecular weight excluding hydrogens is 350 g/mol. The van der Waals surface area contributed by atoms with Crippen molar-refractivity contribution in [3.63, 3.8) is 0 Å². The highest BCUT2D eigenvalue weighted by Gasteiger charge is 2.71. The van der Waals surface area contributed by atoms with Gasteiger partial charge in [-0.05, 0) is 98.7 Å². The van der Waals surface area contributed by atoms with E-state index < -0.39 is 16.6 Å². The van der Waals surface area contributed by atoms with E-state index in [0.717, 1.165) is 50.5 Å². The molecule has 3 N–H and O–H groups in total. The lowest BCUT2D eigenvalue weighted by molar-refractivity contribution is -0.238. The number of fused-ring (bicyclic) bond motifs is 5. The molecule has 0 bridgehead atoms. The summed E-state index contributed by atoms with van der Waals surface area (Å²) in [5.41, 5.74) is -1.22. The van der Waals surface area contributed by atoms with Crippen LogP contribution < -0.4 is 0 Å². The van der Waals surface area contributed by atoms with Crippen LogP contribution in [0.3, 0.4) is 0 Å². The molecule has 0 amide bonds. The zero-order chi connectivity index (χ0) is 19.8. The molecule has 4 heteroatoms. The van der Waals surface area contributed by atoms with Crippen molar-refractivity contribution in [3.8, 4) is 0 Å². The summed E-state index contributed by atoms with van der Waals surface area (Å²) < 4.78 is 0. The van der Waals surface area contributed by atoms with Gasteiger partial charge < -0.3 is 15.3 Å². The Morgan fingerprint density at radius 1 is 0.893 bits per heavy atom. The molecule has 0 radical (unpaired) electrons. The summed E-state index contributed by atoms with van der Waals surface area (Å²) in [4.78, 5) is 4.12. The Balaban J connectivity index is 1.52. The second-order valence-corrected chi connectivity index (χ2v) is 10.8. The maximum atomic E-state index is 12.2. The number of rotatable bonds is 1. The van der Waals surface area contributed by atoms with Gasteiger partial charge in [0.1, 0.15) is 0 Å². The standard InChI is InChI=1S/C24H35NO3/c1-21-9-5-18(26)15-17(21)3-4-20-19(21)6-10-22(2)23(27,11-12-24(20,22)28)16-7-13-25-14-8-16/h7-8,13-14,17-20,26-28H,3-6,9-12,15H2,1-2H3/t17?,18?,19-,20-,21+,22-,23?,24-/m1/s1. The summed E-state index contributed by atoms with van der Waals surface area (Å²) in [7, 11) is 0. The van der Waals surface area contributed by atoms with E-state index in [9.17, 15) is 15.3 Å². The van der Waals surface area contributed by atoms with Crippen LogP contribution in [-0.2, 0) is 5.60 Å². The largest absolute Gasteiger partial charge is 0.393 e. The maximum Gasteiger partial charge on any atom is 0.0979 e. The van der Waals surface area contributed by atoms with Gasteiger partial charge in [0.2, 0.25) is 0 Å². The molecule has 0 spiro atoms. The van der Waals surface area contributed by atoms with E-state index >= 15 is 0 Å². The van der Waals surface area contributed by atoms with Crippen LogP contribution in [0.25, 0.3) is 0 Å². The number of pyridine rings is 1. The number of aromatic nitrogens is 1. The number of hydrogen-bond donors (Lipinski definition) is 3. The van der Waals surface area contributed by atoms with Gasteiger partial charge in [0.15, 0.2) is 0 Å². The first kappa shape index (κ1) is 19.0. The molecule has 28 heavy (non-hydrogen) atoms. The lowest BCUT2D eigenvalue weighted by atomic mass is 9.43. The minimum Gasteiger partial charge on any atom is -0.393 e. The summed E-state index contributed by atoms with van der Waals surface area (Å²) in [6.45, 7) is 4.56. The molecule has 1 aromatic rings. The van der Waals surface area contributed by atoms with E-state index in [1.807, 2.05) is 12.1 Å². The minimum absolute atomic E-state index is 0.144. The van der Waals surface area contributed by atoms with Crippen molar-refractivity contribution in [2.45, 2.75) is 88.9 Å². The number of hydrogen-bond acceptors (Lipinski definition) is 4. The highest BCUT2D eigenvalue weighted by atomic mass is 16.3. The third-order valence-electron chi connectivity index (χ3n) is 10.1. The van der Waals surface area contributed by atoms with Crippen molar-refractivity contribution in [1.29, 1.82) is 0 Å². The third kappa shape index (κ3) is 2.20. The van der Waals surface area contributed by atoms with Crippen LogP contribution in [0.2, 0.25) is 0 Å². The third-order valence-corrected chi connectivity index (χ3v) is 10.1. The summed E-state index contributed by atoms with van der Waals surface area (Å²) in [6.07, 6.45) is 11.6. The van der Waals surface area contributed by atoms with Gasteiger partial charge in [0.25, 0.3) is 0 Å². The number of aliphatic hydroxyl groups excluding tert-OH is 1. The van der Waals surface area contributed by atoms with E-state index in [0.29, 0.717) is 24.7 Å². The topological polar surface area (TPSA) is 73.6 Å². The number of aliphatic hydroxyl groups is 3. The van der Waals surface area contributed by atoms with Crippen LogP contribution in [0.15, 0.2) is 24.5 Å². The Kier molecular flexibility index (Phi) is 4.09. The zero-order valence-electron chi connectivity index (χ0n) is 17.3. The van der Waals surface area contributed by atoms with Crippen molar-refractivity contribution >= 4 is 0 Å². The Bertz CT molecular complexity index is 755. The highest BCUT2D eigenvalue weighted by molar-refractivity contribution is 5.31. The molecule has 8 atom stereocenters. The second-order valence-electron chi connectivity index (χ2n) is 10.8. The molecule has 1 heterocycles. The second kappa shape index (κ2) is 6.02. The molecule has 5 rings (SSSR count). The van der Waals surface area contributed by atoms with E-state index in [2.05, 4.69) is 18.8 Å². The predicted molar refractivity (Wildman–Crippen MR) is 107 cm³/mol. The van der Waals surface area contributed by atoms with Gasteiger partial charge in [-0.3, -0.25) is 4.98 Å². The number of nitrogens with zero attached hydrogens (tertiary/aromatic N) is 1. The van der Waals surface area contributed by atoms with Crippen molar-refractivity contribution in [1.82, 2.24) is 4.98 Å². The molecule has 4 aliphatic carbocycles. The van der Waals surface area contributed by atoms with Crippen molar-refractivity contribution < 1.29 is 15.3 Å². The molecule has 3 unspecified atom stereocenters. The fourth-order valence-corrected chi connectivity index (χ4v) is 8.31. The quantitative estimate of drug-likeness (QED) is 0.688. The zero-order valence-corrected chi connectivity index (χ0v) is 17.3. The van der Waals surface area contributed by atoms with Crippen LogP contribution >= 0.6 is 0 Å². The van der Waals surface area contributed by atoms with Crippen LogP contribution in [-0.4, -0.2) is 32.0 Å². The molecular formula is C24H35NO3. The monoisotopic (exact) mass is 385 g/mol. The minimum atomic E-state index is -0.990. The van der Waals surface area contributed by atoms with Gasteiger partial charge >= 0.3 is 0 Å². The molecule has 4 fully saturated rings. The highest BCUT2D eigenvalue weighted by Crippen LogP contribution is 2.71. The predicted octanol–water partition coefficient (Wildman–Crippen LogP) is 3.79. The van der Waals surface area contributed by atoms with Crippen molar-refractivity contribution in [2.24, 2.45) is 28.6 Å². The van der Waals surface area contributed by atoms with E-state index in [1.54, 1.807) is 12.4 Å². The maximum absolute atomic E-state index is 12.2. The van der Waals surface area contributed by atoms with Gasteiger partial charge in [0.05, 0.1) is 17.3 Å². The summed E-state index contributed by atoms with van der Waals surface area (Å²) in [5, 5.41) is 34.3. The van der Waals surface area contributed by atoms with Crippen molar-refractivity contribution in [2.75, 3.05) is 0 Å². The Morgan fingerprint density at radius 3 is 2.39 bits per heavy atom. The molecule has 0 saturated heterocycles. The smallest absolute Gasteiger partial charge is 0.0979 e. The van der Waals surface area contributed by atoms with Gasteiger partial charge in [0, 0.05) is 17.8 Å².